The van der Waals surface area contributed by atoms with Crippen molar-refractivity contribution in [3.8, 4) is 6.07 Å². The number of esters is 1. The molecule has 1 N–H and O–H groups in total. The van der Waals surface area contributed by atoms with Crippen molar-refractivity contribution in [2.24, 2.45) is 0 Å². The number of nitriles is 1. The number of hydrogen-bond donors (Lipinski definition) is 1. The van der Waals surface area contributed by atoms with Crippen molar-refractivity contribution in [3.63, 3.8) is 0 Å². The fraction of sp³-hybridized carbons (Fsp3) is 0.222. The van der Waals surface area contributed by atoms with Crippen molar-refractivity contribution in [2.45, 2.75) is 20.8 Å². The summed E-state index contributed by atoms with van der Waals surface area (Å²) >= 11 is 0. The molecule has 2 heterocycles. The second-order valence-corrected chi connectivity index (χ2v) is 5.12. The first kappa shape index (κ1) is 17.2. The fourth-order valence-corrected chi connectivity index (χ4v) is 2.43. The number of nitrogens with one attached hydrogen (secondary N) is 1. The predicted molar refractivity (Wildman–Crippen MR) is 88.4 cm³/mol. The smallest absolute Gasteiger partial charge is 0.340 e. The number of nitrogens with zero attached hydrogens (tertiary/aromatic N) is 2. The Morgan fingerprint density at radius 1 is 1.25 bits per heavy atom. The van der Waals surface area contributed by atoms with Crippen LogP contribution in [-0.4, -0.2) is 28.3 Å². The summed E-state index contributed by atoms with van der Waals surface area (Å²) in [6.45, 7) is 5.27. The molecule has 6 heteroatoms. The first-order valence-electron chi connectivity index (χ1n) is 7.42. The molecule has 0 aliphatic carbocycles. The van der Waals surface area contributed by atoms with Crippen LogP contribution in [-0.2, 0) is 4.74 Å². The molecule has 0 amide bonds. The molecule has 0 saturated heterocycles. The Morgan fingerprint density at radius 2 is 1.88 bits per heavy atom. The molecule has 0 atom stereocenters. The van der Waals surface area contributed by atoms with E-state index in [1.165, 1.54) is 6.08 Å². The molecule has 0 bridgehead atoms. The molecule has 0 saturated carbocycles. The molecule has 2 aromatic heterocycles. The van der Waals surface area contributed by atoms with Crippen LogP contribution in [0.25, 0.3) is 6.08 Å². The number of allylic oxidation sites excluding steroid dienone is 1. The van der Waals surface area contributed by atoms with Gasteiger partial charge in [0.25, 0.3) is 0 Å². The Morgan fingerprint density at radius 3 is 2.46 bits per heavy atom. The number of carbonyl (C=O) groups is 2. The summed E-state index contributed by atoms with van der Waals surface area (Å²) in [7, 11) is 0. The second-order valence-electron chi connectivity index (χ2n) is 5.12. The molecule has 0 fully saturated rings. The summed E-state index contributed by atoms with van der Waals surface area (Å²) in [5.74, 6) is -1.09. The second kappa shape index (κ2) is 7.38. The highest BCUT2D eigenvalue weighted by molar-refractivity contribution is 6.19. The summed E-state index contributed by atoms with van der Waals surface area (Å²) in [6.07, 6.45) is 4.61. The van der Waals surface area contributed by atoms with Crippen LogP contribution in [0.1, 0.15) is 44.6 Å². The zero-order valence-electron chi connectivity index (χ0n) is 13.7. The van der Waals surface area contributed by atoms with Crippen molar-refractivity contribution >= 4 is 17.8 Å². The zero-order chi connectivity index (χ0) is 17.7. The van der Waals surface area contributed by atoms with E-state index in [0.29, 0.717) is 17.0 Å². The van der Waals surface area contributed by atoms with Crippen LogP contribution in [0.2, 0.25) is 0 Å². The van der Waals surface area contributed by atoms with Crippen LogP contribution < -0.4 is 0 Å². The molecule has 6 nitrogen and oxygen atoms in total. The molecular weight excluding hydrogens is 306 g/mol. The third kappa shape index (κ3) is 3.41. The molecule has 122 valence electrons. The van der Waals surface area contributed by atoms with E-state index in [4.69, 9.17) is 4.74 Å². The molecule has 0 spiro atoms. The van der Waals surface area contributed by atoms with Gasteiger partial charge < -0.3 is 9.72 Å². The Kier molecular flexibility index (Phi) is 5.27. The standard InChI is InChI=1S/C18H17N3O3/c1-4-24-18(23)16-12(3)21-11(2)15(16)17(22)14(10-19)9-13-5-7-20-8-6-13/h5-9,21H,4H2,1-3H3/b14-9+. The van der Waals surface area contributed by atoms with Gasteiger partial charge in [0, 0.05) is 23.8 Å². The number of H-pyrrole nitrogens is 1. The highest BCUT2D eigenvalue weighted by Gasteiger charge is 2.27. The first-order chi connectivity index (χ1) is 11.5. The van der Waals surface area contributed by atoms with E-state index in [9.17, 15) is 14.9 Å². The van der Waals surface area contributed by atoms with Gasteiger partial charge in [-0.25, -0.2) is 4.79 Å². The quantitative estimate of drug-likeness (QED) is 0.395. The minimum Gasteiger partial charge on any atom is -0.462 e. The van der Waals surface area contributed by atoms with Gasteiger partial charge in [-0.15, -0.1) is 0 Å². The lowest BCUT2D eigenvalue weighted by atomic mass is 9.98. The molecule has 0 aliphatic rings. The minimum atomic E-state index is -0.580. The van der Waals surface area contributed by atoms with E-state index in [1.54, 1.807) is 45.3 Å². The number of ether oxygens (including phenoxy) is 1. The van der Waals surface area contributed by atoms with Crippen LogP contribution in [0.3, 0.4) is 0 Å². The maximum absolute atomic E-state index is 12.8. The lowest BCUT2D eigenvalue weighted by Crippen LogP contribution is -2.13. The van der Waals surface area contributed by atoms with E-state index < -0.39 is 11.8 Å². The van der Waals surface area contributed by atoms with Gasteiger partial charge >= 0.3 is 5.97 Å². The summed E-state index contributed by atoms with van der Waals surface area (Å²) in [5.41, 5.74) is 2.03. The Hall–Kier alpha value is -3.20. The normalized spacial score (nSPS) is 11.0. The average molecular weight is 323 g/mol. The molecule has 24 heavy (non-hydrogen) atoms. The number of ketones is 1. The molecular formula is C18H17N3O3. The number of Topliss-reactive ketones (excluding diaryl/α,β-unsaturated/α-hetero) is 1. The number of carbonyl (C=O) groups excluding carboxylic acids is 2. The highest BCUT2D eigenvalue weighted by atomic mass is 16.5. The van der Waals surface area contributed by atoms with Gasteiger partial charge in [-0.1, -0.05) is 0 Å². The third-order valence-electron chi connectivity index (χ3n) is 3.46. The SMILES string of the molecule is CCOC(=O)c1c(C)[nH]c(C)c1C(=O)/C(C#N)=C/c1ccncc1. The van der Waals surface area contributed by atoms with Crippen LogP contribution in [0.5, 0.6) is 0 Å². The first-order valence-corrected chi connectivity index (χ1v) is 7.42. The number of aryl methyl sites for hydroxylation is 2. The highest BCUT2D eigenvalue weighted by Crippen LogP contribution is 2.23. The molecule has 2 aromatic rings. The largest absolute Gasteiger partial charge is 0.462 e. The number of aromatic nitrogens is 2. The van der Waals surface area contributed by atoms with E-state index in [0.717, 1.165) is 0 Å². The van der Waals surface area contributed by atoms with Crippen molar-refractivity contribution in [2.75, 3.05) is 6.61 Å². The molecule has 0 aromatic carbocycles. The van der Waals surface area contributed by atoms with Gasteiger partial charge in [0.15, 0.2) is 0 Å². The molecule has 2 rings (SSSR count). The van der Waals surface area contributed by atoms with E-state index in [2.05, 4.69) is 9.97 Å². The number of aromatic amines is 1. The van der Waals surface area contributed by atoms with Crippen molar-refractivity contribution in [3.05, 3.63) is 58.2 Å². The predicted octanol–water partition coefficient (Wildman–Crippen LogP) is 2.99. The van der Waals surface area contributed by atoms with Crippen LogP contribution in [0.15, 0.2) is 30.1 Å². The number of hydrogen-bond acceptors (Lipinski definition) is 5. The van der Waals surface area contributed by atoms with Gasteiger partial charge in [-0.2, -0.15) is 5.26 Å². The van der Waals surface area contributed by atoms with Crippen molar-refractivity contribution in [1.29, 1.82) is 5.26 Å². The van der Waals surface area contributed by atoms with E-state index in [-0.39, 0.29) is 23.3 Å². The Balaban J connectivity index is 2.51. The minimum absolute atomic E-state index is 0.0613. The van der Waals surface area contributed by atoms with Gasteiger partial charge in [0.05, 0.1) is 17.7 Å². The van der Waals surface area contributed by atoms with Crippen LogP contribution in [0.4, 0.5) is 0 Å². The molecule has 0 unspecified atom stereocenters. The van der Waals surface area contributed by atoms with E-state index >= 15 is 0 Å². The summed E-state index contributed by atoms with van der Waals surface area (Å²) in [6, 6.07) is 5.28. The maximum Gasteiger partial charge on any atom is 0.340 e. The van der Waals surface area contributed by atoms with Gasteiger partial charge in [-0.3, -0.25) is 9.78 Å². The molecule has 0 radical (unpaired) electrons. The summed E-state index contributed by atoms with van der Waals surface area (Å²) in [5, 5.41) is 9.37. The van der Waals surface area contributed by atoms with Gasteiger partial charge in [-0.05, 0) is 44.5 Å². The lowest BCUT2D eigenvalue weighted by Gasteiger charge is -2.05. The van der Waals surface area contributed by atoms with Crippen LogP contribution >= 0.6 is 0 Å². The zero-order valence-corrected chi connectivity index (χ0v) is 13.7. The third-order valence-corrected chi connectivity index (χ3v) is 3.46. The average Bonchev–Trinajstić information content (AvgIpc) is 2.87. The van der Waals surface area contributed by atoms with Crippen LogP contribution in [0, 0.1) is 25.2 Å². The molecule has 0 aliphatic heterocycles. The Labute approximate surface area is 139 Å². The monoisotopic (exact) mass is 323 g/mol. The summed E-state index contributed by atoms with van der Waals surface area (Å²) < 4.78 is 5.02. The lowest BCUT2D eigenvalue weighted by molar-refractivity contribution is 0.0523. The fourth-order valence-electron chi connectivity index (χ4n) is 2.43. The van der Waals surface area contributed by atoms with E-state index in [1.807, 2.05) is 6.07 Å². The Bertz CT molecular complexity index is 842. The maximum atomic E-state index is 12.8. The number of rotatable bonds is 5. The van der Waals surface area contributed by atoms with Gasteiger partial charge in [0.1, 0.15) is 11.6 Å². The van der Waals surface area contributed by atoms with Crippen molar-refractivity contribution in [1.82, 2.24) is 9.97 Å². The van der Waals surface area contributed by atoms with Gasteiger partial charge in [0.2, 0.25) is 5.78 Å². The summed E-state index contributed by atoms with van der Waals surface area (Å²) in [4.78, 5) is 31.8. The van der Waals surface area contributed by atoms with Crippen molar-refractivity contribution < 1.29 is 14.3 Å². The number of pyridine rings is 1. The topological polar surface area (TPSA) is 95.8 Å².